The zero-order chi connectivity index (χ0) is 11.5. The number of aromatic nitrogens is 1. The second-order valence-corrected chi connectivity index (χ2v) is 5.52. The van der Waals surface area contributed by atoms with Gasteiger partial charge in [0.05, 0.1) is 10.6 Å². The molecular weight excluding hydrogens is 220 g/mol. The smallest absolute Gasteiger partial charge is 0.186 e. The third kappa shape index (κ3) is 2.26. The highest BCUT2D eigenvalue weighted by Crippen LogP contribution is 2.30. The molecule has 0 saturated carbocycles. The van der Waals surface area contributed by atoms with Crippen LogP contribution in [0.4, 0.5) is 5.13 Å². The molecule has 2 heterocycles. The van der Waals surface area contributed by atoms with Gasteiger partial charge in [-0.25, -0.2) is 4.98 Å². The Bertz CT molecular complexity index is 375. The quantitative estimate of drug-likeness (QED) is 0.756. The maximum atomic E-state index is 10.9. The molecule has 0 radical (unpaired) electrons. The van der Waals surface area contributed by atoms with Crippen LogP contribution in [0, 0.1) is 5.92 Å². The number of rotatable bonds is 4. The molecule has 1 aliphatic heterocycles. The molecule has 88 valence electrons. The Balaban J connectivity index is 2.18. The Morgan fingerprint density at radius 3 is 3.00 bits per heavy atom. The van der Waals surface area contributed by atoms with Crippen LogP contribution < -0.4 is 4.90 Å². The number of hydrogen-bond acceptors (Lipinski definition) is 4. The topological polar surface area (TPSA) is 33.2 Å². The monoisotopic (exact) mass is 238 g/mol. The fraction of sp³-hybridized carbons (Fsp3) is 0.667. The van der Waals surface area contributed by atoms with Gasteiger partial charge in [0.15, 0.2) is 11.4 Å². The summed E-state index contributed by atoms with van der Waals surface area (Å²) in [6.45, 7) is 6.54. The molecule has 3 nitrogen and oxygen atoms in total. The van der Waals surface area contributed by atoms with E-state index in [4.69, 9.17) is 0 Å². The van der Waals surface area contributed by atoms with Crippen molar-refractivity contribution >= 4 is 22.8 Å². The maximum absolute atomic E-state index is 10.9. The Morgan fingerprint density at radius 1 is 1.62 bits per heavy atom. The van der Waals surface area contributed by atoms with Crippen molar-refractivity contribution in [1.82, 2.24) is 4.98 Å². The van der Waals surface area contributed by atoms with Gasteiger partial charge in [-0.2, -0.15) is 0 Å². The molecule has 2 rings (SSSR count). The number of aryl methyl sites for hydroxylation is 1. The summed E-state index contributed by atoms with van der Waals surface area (Å²) in [5.74, 6) is 0.748. The molecule has 1 atom stereocenters. The van der Waals surface area contributed by atoms with E-state index in [0.717, 1.165) is 53.8 Å². The number of hydrogen-bond donors (Lipinski definition) is 0. The SMILES string of the molecule is CCCc1nc(N2CCC(C)C2)sc1C=O. The van der Waals surface area contributed by atoms with Crippen molar-refractivity contribution in [2.24, 2.45) is 5.92 Å². The van der Waals surface area contributed by atoms with Gasteiger partial charge in [0.2, 0.25) is 0 Å². The Kier molecular flexibility index (Phi) is 3.59. The van der Waals surface area contributed by atoms with Crippen LogP contribution in [0.2, 0.25) is 0 Å². The molecule has 1 unspecified atom stereocenters. The minimum atomic E-state index is 0.748. The van der Waals surface area contributed by atoms with Gasteiger partial charge in [-0.1, -0.05) is 31.6 Å². The fourth-order valence-electron chi connectivity index (χ4n) is 2.10. The van der Waals surface area contributed by atoms with E-state index in [2.05, 4.69) is 23.7 Å². The molecular formula is C12H18N2OS. The van der Waals surface area contributed by atoms with Gasteiger partial charge >= 0.3 is 0 Å². The number of carbonyl (C=O) groups excluding carboxylic acids is 1. The van der Waals surface area contributed by atoms with E-state index < -0.39 is 0 Å². The summed E-state index contributed by atoms with van der Waals surface area (Å²) in [7, 11) is 0. The highest BCUT2D eigenvalue weighted by molar-refractivity contribution is 7.17. The van der Waals surface area contributed by atoms with Gasteiger partial charge < -0.3 is 4.90 Å². The number of carbonyl (C=O) groups is 1. The predicted octanol–water partition coefficient (Wildman–Crippen LogP) is 2.75. The molecule has 1 aliphatic rings. The average molecular weight is 238 g/mol. The van der Waals surface area contributed by atoms with Crippen LogP contribution in [0.25, 0.3) is 0 Å². The number of aldehydes is 1. The standard InChI is InChI=1S/C12H18N2OS/c1-3-4-10-11(8-15)16-12(13-10)14-6-5-9(2)7-14/h8-9H,3-7H2,1-2H3. The van der Waals surface area contributed by atoms with Crippen molar-refractivity contribution < 1.29 is 4.79 Å². The van der Waals surface area contributed by atoms with Gasteiger partial charge in [-0.3, -0.25) is 4.79 Å². The first kappa shape index (κ1) is 11.6. The fourth-order valence-corrected chi connectivity index (χ4v) is 3.06. The Labute approximate surface area is 100 Å². The summed E-state index contributed by atoms with van der Waals surface area (Å²) in [5, 5.41) is 1.04. The minimum Gasteiger partial charge on any atom is -0.348 e. The molecule has 1 fully saturated rings. The van der Waals surface area contributed by atoms with E-state index in [-0.39, 0.29) is 0 Å². The molecule has 0 amide bonds. The number of anilines is 1. The molecule has 0 aromatic carbocycles. The number of nitrogens with zero attached hydrogens (tertiary/aromatic N) is 2. The minimum absolute atomic E-state index is 0.748. The molecule has 1 aromatic heterocycles. The van der Waals surface area contributed by atoms with Gasteiger partial charge in [-0.15, -0.1) is 0 Å². The normalized spacial score (nSPS) is 20.4. The van der Waals surface area contributed by atoms with E-state index in [9.17, 15) is 4.79 Å². The van der Waals surface area contributed by atoms with Crippen molar-refractivity contribution in [3.05, 3.63) is 10.6 Å². The summed E-state index contributed by atoms with van der Waals surface area (Å²) in [4.78, 5) is 18.7. The molecule has 0 aliphatic carbocycles. The molecule has 16 heavy (non-hydrogen) atoms. The van der Waals surface area contributed by atoms with Crippen LogP contribution in [0.5, 0.6) is 0 Å². The highest BCUT2D eigenvalue weighted by Gasteiger charge is 2.22. The largest absolute Gasteiger partial charge is 0.348 e. The molecule has 0 bridgehead atoms. The predicted molar refractivity (Wildman–Crippen MR) is 67.5 cm³/mol. The van der Waals surface area contributed by atoms with Crippen LogP contribution in [0.1, 0.15) is 42.1 Å². The Morgan fingerprint density at radius 2 is 2.44 bits per heavy atom. The van der Waals surface area contributed by atoms with Crippen LogP contribution in [0.3, 0.4) is 0 Å². The third-order valence-corrected chi connectivity index (χ3v) is 4.09. The Hall–Kier alpha value is -0.900. The third-order valence-electron chi connectivity index (χ3n) is 3.00. The zero-order valence-electron chi connectivity index (χ0n) is 9.90. The summed E-state index contributed by atoms with van der Waals surface area (Å²) < 4.78 is 0. The lowest BCUT2D eigenvalue weighted by Gasteiger charge is -2.13. The van der Waals surface area contributed by atoms with Crippen molar-refractivity contribution in [3.8, 4) is 0 Å². The van der Waals surface area contributed by atoms with Crippen molar-refractivity contribution in [2.75, 3.05) is 18.0 Å². The van der Waals surface area contributed by atoms with Crippen LogP contribution in [0.15, 0.2) is 0 Å². The molecule has 1 saturated heterocycles. The van der Waals surface area contributed by atoms with Gasteiger partial charge in [0.25, 0.3) is 0 Å². The first-order valence-electron chi connectivity index (χ1n) is 5.94. The van der Waals surface area contributed by atoms with E-state index in [1.54, 1.807) is 11.3 Å². The van der Waals surface area contributed by atoms with Crippen LogP contribution in [-0.4, -0.2) is 24.4 Å². The lowest BCUT2D eigenvalue weighted by molar-refractivity contribution is 0.112. The number of thiazole rings is 1. The van der Waals surface area contributed by atoms with Gasteiger partial charge in [-0.05, 0) is 18.8 Å². The summed E-state index contributed by atoms with van der Waals surface area (Å²) in [5.41, 5.74) is 0.983. The second kappa shape index (κ2) is 4.95. The molecule has 0 N–H and O–H groups in total. The lowest BCUT2D eigenvalue weighted by Crippen LogP contribution is -2.18. The maximum Gasteiger partial charge on any atom is 0.186 e. The summed E-state index contributed by atoms with van der Waals surface area (Å²) in [6, 6.07) is 0. The van der Waals surface area contributed by atoms with E-state index in [0.29, 0.717) is 0 Å². The average Bonchev–Trinajstić information content (AvgIpc) is 2.85. The molecule has 1 aromatic rings. The van der Waals surface area contributed by atoms with Crippen molar-refractivity contribution in [2.45, 2.75) is 33.1 Å². The molecule has 4 heteroatoms. The van der Waals surface area contributed by atoms with E-state index in [1.807, 2.05) is 0 Å². The van der Waals surface area contributed by atoms with Gasteiger partial charge in [0.1, 0.15) is 0 Å². The van der Waals surface area contributed by atoms with Crippen molar-refractivity contribution in [1.29, 1.82) is 0 Å². The van der Waals surface area contributed by atoms with Crippen molar-refractivity contribution in [3.63, 3.8) is 0 Å². The zero-order valence-corrected chi connectivity index (χ0v) is 10.7. The first-order valence-corrected chi connectivity index (χ1v) is 6.76. The van der Waals surface area contributed by atoms with Crippen LogP contribution in [-0.2, 0) is 6.42 Å². The first-order chi connectivity index (χ1) is 7.74. The van der Waals surface area contributed by atoms with E-state index >= 15 is 0 Å². The highest BCUT2D eigenvalue weighted by atomic mass is 32.1. The summed E-state index contributed by atoms with van der Waals surface area (Å²) in [6.07, 6.45) is 4.14. The van der Waals surface area contributed by atoms with Crippen LogP contribution >= 0.6 is 11.3 Å². The second-order valence-electron chi connectivity index (χ2n) is 4.52. The summed E-state index contributed by atoms with van der Waals surface area (Å²) >= 11 is 1.55. The lowest BCUT2D eigenvalue weighted by atomic mass is 10.2. The molecule has 0 spiro atoms. The van der Waals surface area contributed by atoms with Gasteiger partial charge in [0, 0.05) is 13.1 Å². The van der Waals surface area contributed by atoms with E-state index in [1.165, 1.54) is 6.42 Å².